The number of ether oxygens (including phenoxy) is 1. The molecule has 2 rings (SSSR count). The van der Waals surface area contributed by atoms with Crippen LogP contribution in [0.25, 0.3) is 11.0 Å². The average Bonchev–Trinajstić information content (AvgIpc) is 2.46. The number of hydrogen-bond donors (Lipinski definition) is 0. The number of methoxy groups -OCH3 is 1. The van der Waals surface area contributed by atoms with E-state index in [1.807, 2.05) is 31.2 Å². The first-order valence-corrected chi connectivity index (χ1v) is 6.15. The first-order valence-electron chi connectivity index (χ1n) is 6.15. The lowest BCUT2D eigenvalue weighted by atomic mass is 10.3. The van der Waals surface area contributed by atoms with Crippen molar-refractivity contribution in [2.75, 3.05) is 25.1 Å². The number of fused-ring (bicyclic) bond motifs is 1. The van der Waals surface area contributed by atoms with Crippen LogP contribution >= 0.6 is 0 Å². The number of hydrogen-bond acceptors (Lipinski definition) is 6. The normalized spacial score (nSPS) is 10.4. The van der Waals surface area contributed by atoms with Crippen LogP contribution in [-0.4, -0.2) is 41.3 Å². The van der Waals surface area contributed by atoms with Crippen LogP contribution in [0.5, 0.6) is 0 Å². The lowest BCUT2D eigenvalue weighted by molar-refractivity contribution is -0.138. The quantitative estimate of drug-likeness (QED) is 0.757. The van der Waals surface area contributed by atoms with Crippen LogP contribution in [-0.2, 0) is 9.53 Å². The molecule has 0 saturated heterocycles. The van der Waals surface area contributed by atoms with Gasteiger partial charge < -0.3 is 9.64 Å². The number of aromatic nitrogens is 3. The average molecular weight is 260 g/mol. The molecule has 100 valence electrons. The third-order valence-corrected chi connectivity index (χ3v) is 2.67. The fourth-order valence-corrected chi connectivity index (χ4v) is 1.75. The van der Waals surface area contributed by atoms with Crippen LogP contribution < -0.4 is 4.90 Å². The number of anilines is 1. The Labute approximate surface area is 111 Å². The summed E-state index contributed by atoms with van der Waals surface area (Å²) in [6, 6.07) is 7.50. The van der Waals surface area contributed by atoms with E-state index >= 15 is 0 Å². The first kappa shape index (κ1) is 13.2. The van der Waals surface area contributed by atoms with Gasteiger partial charge in [-0.2, -0.15) is 0 Å². The molecule has 2 aromatic rings. The van der Waals surface area contributed by atoms with Gasteiger partial charge in [0.1, 0.15) is 12.1 Å². The fourth-order valence-electron chi connectivity index (χ4n) is 1.75. The summed E-state index contributed by atoms with van der Waals surface area (Å²) in [4.78, 5) is 17.6. The molecule has 0 bridgehead atoms. The Morgan fingerprint density at radius 3 is 2.68 bits per heavy atom. The summed E-state index contributed by atoms with van der Waals surface area (Å²) >= 11 is 0. The summed E-state index contributed by atoms with van der Waals surface area (Å²) in [6.45, 7) is 2.83. The van der Waals surface area contributed by atoms with Crippen molar-refractivity contribution in [1.82, 2.24) is 15.2 Å². The van der Waals surface area contributed by atoms with E-state index in [1.54, 1.807) is 4.90 Å². The zero-order valence-corrected chi connectivity index (χ0v) is 11.0. The van der Waals surface area contributed by atoms with Gasteiger partial charge in [0.05, 0.1) is 12.6 Å². The highest BCUT2D eigenvalue weighted by Gasteiger charge is 2.14. The van der Waals surface area contributed by atoms with Crippen LogP contribution in [0.3, 0.4) is 0 Å². The predicted molar refractivity (Wildman–Crippen MR) is 71.9 cm³/mol. The molecule has 0 aliphatic carbocycles. The van der Waals surface area contributed by atoms with Crippen molar-refractivity contribution in [3.8, 4) is 0 Å². The number of rotatable bonds is 5. The van der Waals surface area contributed by atoms with Crippen LogP contribution in [0.15, 0.2) is 24.3 Å². The highest BCUT2D eigenvalue weighted by Crippen LogP contribution is 2.12. The number of carbonyl (C=O) groups is 1. The van der Waals surface area contributed by atoms with Crippen molar-refractivity contribution in [2.24, 2.45) is 0 Å². The molecule has 1 aromatic heterocycles. The van der Waals surface area contributed by atoms with Gasteiger partial charge in [-0.05, 0) is 18.6 Å². The van der Waals surface area contributed by atoms with Crippen LogP contribution in [0.1, 0.15) is 13.3 Å². The molecule has 1 heterocycles. The summed E-state index contributed by atoms with van der Waals surface area (Å²) in [5, 5.41) is 8.18. The molecule has 0 atom stereocenters. The Hall–Kier alpha value is -2.24. The van der Waals surface area contributed by atoms with Crippen LogP contribution in [0.2, 0.25) is 0 Å². The molecular weight excluding hydrogens is 244 g/mol. The predicted octanol–water partition coefficient (Wildman–Crippen LogP) is 1.41. The molecule has 0 amide bonds. The molecular formula is C13H16N4O2. The molecule has 0 aliphatic rings. The highest BCUT2D eigenvalue weighted by atomic mass is 16.5. The minimum Gasteiger partial charge on any atom is -0.468 e. The standard InChI is InChI=1S/C13H16N4O2/c1-3-8-17(9-12(18)19-2)13-14-10-6-4-5-7-11(10)15-16-13/h4-7H,3,8-9H2,1-2H3. The van der Waals surface area contributed by atoms with Crippen molar-refractivity contribution < 1.29 is 9.53 Å². The van der Waals surface area contributed by atoms with Gasteiger partial charge in [0.2, 0.25) is 5.95 Å². The molecule has 6 heteroatoms. The molecule has 0 unspecified atom stereocenters. The van der Waals surface area contributed by atoms with Crippen molar-refractivity contribution in [3.05, 3.63) is 24.3 Å². The van der Waals surface area contributed by atoms with Crippen molar-refractivity contribution in [1.29, 1.82) is 0 Å². The summed E-state index contributed by atoms with van der Waals surface area (Å²) in [6.07, 6.45) is 0.882. The zero-order valence-electron chi connectivity index (χ0n) is 11.0. The topological polar surface area (TPSA) is 68.2 Å². The highest BCUT2D eigenvalue weighted by molar-refractivity contribution is 5.77. The van der Waals surface area contributed by atoms with Gasteiger partial charge in [0.15, 0.2) is 0 Å². The van der Waals surface area contributed by atoms with Gasteiger partial charge in [0.25, 0.3) is 0 Å². The number of nitrogens with zero attached hydrogens (tertiary/aromatic N) is 4. The molecule has 0 aliphatic heterocycles. The van der Waals surface area contributed by atoms with E-state index in [-0.39, 0.29) is 12.5 Å². The van der Waals surface area contributed by atoms with E-state index in [4.69, 9.17) is 0 Å². The van der Waals surface area contributed by atoms with Gasteiger partial charge >= 0.3 is 5.97 Å². The van der Waals surface area contributed by atoms with E-state index in [2.05, 4.69) is 19.9 Å². The van der Waals surface area contributed by atoms with Crippen LogP contribution in [0.4, 0.5) is 5.95 Å². The van der Waals surface area contributed by atoms with Gasteiger partial charge in [-0.25, -0.2) is 4.98 Å². The van der Waals surface area contributed by atoms with E-state index in [9.17, 15) is 4.79 Å². The number of para-hydroxylation sites is 1. The minimum atomic E-state index is -0.315. The lowest BCUT2D eigenvalue weighted by Crippen LogP contribution is -2.32. The molecule has 19 heavy (non-hydrogen) atoms. The number of benzene rings is 1. The number of carbonyl (C=O) groups excluding carboxylic acids is 1. The van der Waals surface area contributed by atoms with Crippen molar-refractivity contribution >= 4 is 23.0 Å². The maximum Gasteiger partial charge on any atom is 0.325 e. The third-order valence-electron chi connectivity index (χ3n) is 2.67. The fraction of sp³-hybridized carbons (Fsp3) is 0.385. The molecule has 6 nitrogen and oxygen atoms in total. The number of esters is 1. The van der Waals surface area contributed by atoms with Crippen molar-refractivity contribution in [2.45, 2.75) is 13.3 Å². The summed E-state index contributed by atoms with van der Waals surface area (Å²) in [5.41, 5.74) is 1.50. The lowest BCUT2D eigenvalue weighted by Gasteiger charge is -2.19. The molecule has 0 spiro atoms. The van der Waals surface area contributed by atoms with E-state index < -0.39 is 0 Å². The van der Waals surface area contributed by atoms with E-state index in [0.29, 0.717) is 12.5 Å². The molecule has 0 fully saturated rings. The summed E-state index contributed by atoms with van der Waals surface area (Å²) < 4.78 is 4.68. The van der Waals surface area contributed by atoms with Crippen molar-refractivity contribution in [3.63, 3.8) is 0 Å². The second kappa shape index (κ2) is 6.08. The Morgan fingerprint density at radius 2 is 2.00 bits per heavy atom. The van der Waals surface area contributed by atoms with Gasteiger partial charge in [-0.3, -0.25) is 4.79 Å². The van der Waals surface area contributed by atoms with Crippen LogP contribution in [0, 0.1) is 0 Å². The maximum atomic E-state index is 11.4. The summed E-state index contributed by atoms with van der Waals surface area (Å²) in [5.74, 6) is 0.135. The minimum absolute atomic E-state index is 0.129. The van der Waals surface area contributed by atoms with Gasteiger partial charge in [-0.1, -0.05) is 19.1 Å². The van der Waals surface area contributed by atoms with E-state index in [0.717, 1.165) is 17.5 Å². The van der Waals surface area contributed by atoms with Gasteiger partial charge in [0, 0.05) is 6.54 Å². The smallest absolute Gasteiger partial charge is 0.325 e. The largest absolute Gasteiger partial charge is 0.468 e. The molecule has 0 N–H and O–H groups in total. The Bertz CT molecular complexity index is 573. The van der Waals surface area contributed by atoms with E-state index in [1.165, 1.54) is 7.11 Å². The molecule has 0 saturated carbocycles. The Kier molecular flexibility index (Phi) is 4.22. The molecule has 1 aromatic carbocycles. The zero-order chi connectivity index (χ0) is 13.7. The second-order valence-corrected chi connectivity index (χ2v) is 4.10. The second-order valence-electron chi connectivity index (χ2n) is 4.10. The molecule has 0 radical (unpaired) electrons. The first-order chi connectivity index (χ1) is 9.24. The Balaban J connectivity index is 2.30. The third kappa shape index (κ3) is 3.15. The Morgan fingerprint density at radius 1 is 1.26 bits per heavy atom. The maximum absolute atomic E-state index is 11.4. The van der Waals surface area contributed by atoms with Gasteiger partial charge in [-0.15, -0.1) is 10.2 Å². The summed E-state index contributed by atoms with van der Waals surface area (Å²) in [7, 11) is 1.37. The SMILES string of the molecule is CCCN(CC(=O)OC)c1nnc2ccccc2n1. The monoisotopic (exact) mass is 260 g/mol.